The number of aromatic nitrogens is 3. The van der Waals surface area contributed by atoms with Crippen LogP contribution < -0.4 is 5.32 Å². The first-order valence-electron chi connectivity index (χ1n) is 9.18. The Labute approximate surface area is 143 Å². The Morgan fingerprint density at radius 2 is 2.00 bits per heavy atom. The first-order chi connectivity index (χ1) is 11.7. The van der Waals surface area contributed by atoms with Crippen molar-refractivity contribution in [3.8, 4) is 0 Å². The van der Waals surface area contributed by atoms with Gasteiger partial charge in [-0.1, -0.05) is 24.5 Å². The van der Waals surface area contributed by atoms with Gasteiger partial charge in [-0.05, 0) is 31.6 Å². The van der Waals surface area contributed by atoms with E-state index in [2.05, 4.69) is 15.6 Å². The summed E-state index contributed by atoms with van der Waals surface area (Å²) in [7, 11) is 1.66. The number of carbonyl (C=O) groups is 1. The minimum atomic E-state index is 0.128. The fourth-order valence-electron chi connectivity index (χ4n) is 3.74. The van der Waals surface area contributed by atoms with Gasteiger partial charge < -0.3 is 15.0 Å². The number of urea groups is 1. The highest BCUT2D eigenvalue weighted by atomic mass is 16.5. The molecule has 0 radical (unpaired) electrons. The van der Waals surface area contributed by atoms with Crippen molar-refractivity contribution in [1.82, 2.24) is 25.2 Å². The van der Waals surface area contributed by atoms with Gasteiger partial charge in [0.05, 0.1) is 12.8 Å². The molecule has 1 aliphatic carbocycles. The standard InChI is InChI=1S/C17H29N5O2/c1-24-13-16-12-22(20-19-16)11-14-7-9-21(10-8-14)17(23)18-15-5-3-2-4-6-15/h12,14-15H,2-11,13H2,1H3,(H,18,23). The van der Waals surface area contributed by atoms with Crippen LogP contribution in [-0.4, -0.2) is 52.2 Å². The van der Waals surface area contributed by atoms with E-state index in [0.717, 1.165) is 51.0 Å². The maximum Gasteiger partial charge on any atom is 0.317 e. The number of amides is 2. The minimum absolute atomic E-state index is 0.128. The number of methoxy groups -OCH3 is 1. The van der Waals surface area contributed by atoms with Gasteiger partial charge in [-0.2, -0.15) is 0 Å². The van der Waals surface area contributed by atoms with Crippen LogP contribution in [0, 0.1) is 5.92 Å². The van der Waals surface area contributed by atoms with Crippen LogP contribution in [0.15, 0.2) is 6.20 Å². The van der Waals surface area contributed by atoms with Crippen molar-refractivity contribution < 1.29 is 9.53 Å². The van der Waals surface area contributed by atoms with Crippen molar-refractivity contribution in [2.45, 2.75) is 64.1 Å². The first-order valence-corrected chi connectivity index (χ1v) is 9.18. The molecule has 7 heteroatoms. The molecule has 3 rings (SSSR count). The third kappa shape index (κ3) is 4.69. The van der Waals surface area contributed by atoms with E-state index >= 15 is 0 Å². The predicted molar refractivity (Wildman–Crippen MR) is 90.4 cm³/mol. The summed E-state index contributed by atoms with van der Waals surface area (Å²) in [5, 5.41) is 11.5. The summed E-state index contributed by atoms with van der Waals surface area (Å²) in [6.45, 7) is 3.04. The zero-order valence-corrected chi connectivity index (χ0v) is 14.6. The number of likely N-dealkylation sites (tertiary alicyclic amines) is 1. The number of hydrogen-bond acceptors (Lipinski definition) is 4. The van der Waals surface area contributed by atoms with Crippen molar-refractivity contribution in [2.75, 3.05) is 20.2 Å². The molecule has 0 unspecified atom stereocenters. The van der Waals surface area contributed by atoms with E-state index in [1.807, 2.05) is 15.8 Å². The highest BCUT2D eigenvalue weighted by molar-refractivity contribution is 5.74. The second kappa shape index (κ2) is 8.46. The Hall–Kier alpha value is -1.63. The topological polar surface area (TPSA) is 72.3 Å². The Balaban J connectivity index is 1.40. The Morgan fingerprint density at radius 1 is 1.25 bits per heavy atom. The van der Waals surface area contributed by atoms with Crippen LogP contribution in [0.5, 0.6) is 0 Å². The average Bonchev–Trinajstić information content (AvgIpc) is 3.04. The third-order valence-corrected chi connectivity index (χ3v) is 5.16. The summed E-state index contributed by atoms with van der Waals surface area (Å²) >= 11 is 0. The van der Waals surface area contributed by atoms with E-state index in [1.54, 1.807) is 7.11 Å². The first kappa shape index (κ1) is 17.2. The number of piperidine rings is 1. The molecule has 24 heavy (non-hydrogen) atoms. The molecule has 0 bridgehead atoms. The molecule has 1 aliphatic heterocycles. The maximum absolute atomic E-state index is 12.4. The van der Waals surface area contributed by atoms with Crippen LogP contribution in [0.1, 0.15) is 50.6 Å². The van der Waals surface area contributed by atoms with E-state index in [9.17, 15) is 4.79 Å². The van der Waals surface area contributed by atoms with Gasteiger partial charge >= 0.3 is 6.03 Å². The molecule has 2 fully saturated rings. The van der Waals surface area contributed by atoms with Crippen LogP contribution in [0.4, 0.5) is 4.79 Å². The molecule has 2 aliphatic rings. The third-order valence-electron chi connectivity index (χ3n) is 5.16. The molecule has 2 heterocycles. The van der Waals surface area contributed by atoms with Crippen LogP contribution in [0.2, 0.25) is 0 Å². The molecule has 0 aromatic carbocycles. The minimum Gasteiger partial charge on any atom is -0.378 e. The predicted octanol–water partition coefficient (Wildman–Crippen LogP) is 2.18. The zero-order chi connectivity index (χ0) is 16.8. The fraction of sp³-hybridized carbons (Fsp3) is 0.824. The summed E-state index contributed by atoms with van der Waals surface area (Å²) in [5.41, 5.74) is 0.863. The molecular formula is C17H29N5O2. The molecule has 1 N–H and O–H groups in total. The Bertz CT molecular complexity index is 519. The van der Waals surface area contributed by atoms with Crippen molar-refractivity contribution in [2.24, 2.45) is 5.92 Å². The Morgan fingerprint density at radius 3 is 2.71 bits per heavy atom. The number of rotatable bonds is 5. The second-order valence-corrected chi connectivity index (χ2v) is 7.08. The van der Waals surface area contributed by atoms with Gasteiger partial charge in [0.25, 0.3) is 0 Å². The van der Waals surface area contributed by atoms with E-state index in [4.69, 9.17) is 4.74 Å². The van der Waals surface area contributed by atoms with Gasteiger partial charge in [-0.25, -0.2) is 4.79 Å². The molecule has 2 amide bonds. The summed E-state index contributed by atoms with van der Waals surface area (Å²) in [5.74, 6) is 0.556. The number of hydrogen-bond donors (Lipinski definition) is 1. The molecular weight excluding hydrogens is 306 g/mol. The lowest BCUT2D eigenvalue weighted by molar-refractivity contribution is 0.158. The smallest absolute Gasteiger partial charge is 0.317 e. The quantitative estimate of drug-likeness (QED) is 0.895. The lowest BCUT2D eigenvalue weighted by Crippen LogP contribution is -2.48. The van der Waals surface area contributed by atoms with Gasteiger partial charge in [-0.15, -0.1) is 5.10 Å². The highest BCUT2D eigenvalue weighted by Crippen LogP contribution is 2.21. The lowest BCUT2D eigenvalue weighted by Gasteiger charge is -2.33. The van der Waals surface area contributed by atoms with Gasteiger partial charge in [0, 0.05) is 32.8 Å². The molecule has 7 nitrogen and oxygen atoms in total. The molecule has 1 aromatic heterocycles. The summed E-state index contributed by atoms with van der Waals surface area (Å²) in [4.78, 5) is 14.4. The zero-order valence-electron chi connectivity index (χ0n) is 14.6. The molecule has 0 atom stereocenters. The number of carbonyl (C=O) groups excluding carboxylic acids is 1. The van der Waals surface area contributed by atoms with Crippen LogP contribution >= 0.6 is 0 Å². The van der Waals surface area contributed by atoms with Crippen molar-refractivity contribution in [3.63, 3.8) is 0 Å². The van der Waals surface area contributed by atoms with E-state index < -0.39 is 0 Å². The van der Waals surface area contributed by atoms with Gasteiger partial charge in [0.1, 0.15) is 5.69 Å². The monoisotopic (exact) mass is 335 g/mol. The van der Waals surface area contributed by atoms with Gasteiger partial charge in [0.15, 0.2) is 0 Å². The van der Waals surface area contributed by atoms with E-state index in [-0.39, 0.29) is 6.03 Å². The van der Waals surface area contributed by atoms with Crippen molar-refractivity contribution >= 4 is 6.03 Å². The van der Waals surface area contributed by atoms with Gasteiger partial charge in [-0.3, -0.25) is 4.68 Å². The molecule has 0 spiro atoms. The molecule has 1 saturated carbocycles. The molecule has 1 aromatic rings. The molecule has 1 saturated heterocycles. The van der Waals surface area contributed by atoms with E-state index in [0.29, 0.717) is 18.6 Å². The summed E-state index contributed by atoms with van der Waals surface area (Å²) < 4.78 is 6.97. The van der Waals surface area contributed by atoms with E-state index in [1.165, 1.54) is 19.3 Å². The van der Waals surface area contributed by atoms with Crippen LogP contribution in [-0.2, 0) is 17.9 Å². The number of ether oxygens (including phenoxy) is 1. The van der Waals surface area contributed by atoms with Crippen molar-refractivity contribution in [1.29, 1.82) is 0 Å². The highest BCUT2D eigenvalue weighted by Gasteiger charge is 2.25. The number of nitrogens with zero attached hydrogens (tertiary/aromatic N) is 4. The van der Waals surface area contributed by atoms with Crippen LogP contribution in [0.25, 0.3) is 0 Å². The lowest BCUT2D eigenvalue weighted by atomic mass is 9.95. The second-order valence-electron chi connectivity index (χ2n) is 7.08. The SMILES string of the molecule is COCc1cn(CC2CCN(C(=O)NC3CCCCC3)CC2)nn1. The summed E-state index contributed by atoms with van der Waals surface area (Å²) in [6, 6.07) is 0.516. The Kier molecular flexibility index (Phi) is 6.07. The largest absolute Gasteiger partial charge is 0.378 e. The molecule has 134 valence electrons. The van der Waals surface area contributed by atoms with Crippen molar-refractivity contribution in [3.05, 3.63) is 11.9 Å². The average molecular weight is 335 g/mol. The van der Waals surface area contributed by atoms with Gasteiger partial charge in [0.2, 0.25) is 0 Å². The maximum atomic E-state index is 12.4. The fourth-order valence-corrected chi connectivity index (χ4v) is 3.74. The number of nitrogens with one attached hydrogen (secondary N) is 1. The normalized spacial score (nSPS) is 20.3. The summed E-state index contributed by atoms with van der Waals surface area (Å²) in [6.07, 6.45) is 10.1. The van der Waals surface area contributed by atoms with Crippen LogP contribution in [0.3, 0.4) is 0 Å².